The lowest BCUT2D eigenvalue weighted by Gasteiger charge is -2.12. The predicted molar refractivity (Wildman–Crippen MR) is 75.6 cm³/mol. The van der Waals surface area contributed by atoms with Crippen LogP contribution in [0.1, 0.15) is 12.7 Å². The Labute approximate surface area is 120 Å². The van der Waals surface area contributed by atoms with Crippen molar-refractivity contribution in [3.05, 3.63) is 30.1 Å². The number of ether oxygens (including phenoxy) is 1. The smallest absolute Gasteiger partial charge is 0.313 e. The monoisotopic (exact) mass is 293 g/mol. The minimum Gasteiger partial charge on any atom is -0.495 e. The summed E-state index contributed by atoms with van der Waals surface area (Å²) < 4.78 is 7.19. The second-order valence-electron chi connectivity index (χ2n) is 3.94. The van der Waals surface area contributed by atoms with Gasteiger partial charge >= 0.3 is 5.97 Å². The van der Waals surface area contributed by atoms with Gasteiger partial charge in [0.05, 0.1) is 18.6 Å². The first-order valence-electron chi connectivity index (χ1n) is 6.09. The van der Waals surface area contributed by atoms with E-state index < -0.39 is 5.97 Å². The van der Waals surface area contributed by atoms with Crippen molar-refractivity contribution in [3.8, 4) is 11.4 Å². The molecular weight excluding hydrogens is 278 g/mol. The Morgan fingerprint density at radius 2 is 2.15 bits per heavy atom. The van der Waals surface area contributed by atoms with Crippen molar-refractivity contribution in [3.63, 3.8) is 0 Å². The molecule has 0 spiro atoms. The molecule has 2 aromatic rings. The van der Waals surface area contributed by atoms with Crippen LogP contribution in [0.4, 0.5) is 0 Å². The summed E-state index contributed by atoms with van der Waals surface area (Å²) in [5.41, 5.74) is 0.810. The molecule has 0 bridgehead atoms. The van der Waals surface area contributed by atoms with E-state index in [-0.39, 0.29) is 5.75 Å². The Bertz CT molecular complexity index is 613. The van der Waals surface area contributed by atoms with Crippen LogP contribution in [0.2, 0.25) is 0 Å². The minimum atomic E-state index is -0.886. The maximum atomic E-state index is 10.7. The van der Waals surface area contributed by atoms with E-state index in [9.17, 15) is 4.79 Å². The van der Waals surface area contributed by atoms with Crippen LogP contribution in [-0.2, 0) is 11.2 Å². The van der Waals surface area contributed by atoms with Gasteiger partial charge in [-0.05, 0) is 12.1 Å². The summed E-state index contributed by atoms with van der Waals surface area (Å²) in [6.45, 7) is 1.97. The number of carboxylic acids is 1. The number of carboxylic acid groups (broad SMARTS) is 1. The first-order valence-corrected chi connectivity index (χ1v) is 7.08. The third-order valence-electron chi connectivity index (χ3n) is 2.67. The van der Waals surface area contributed by atoms with Gasteiger partial charge in [-0.3, -0.25) is 9.36 Å². The van der Waals surface area contributed by atoms with Crippen LogP contribution in [0, 0.1) is 0 Å². The second-order valence-corrected chi connectivity index (χ2v) is 4.88. The van der Waals surface area contributed by atoms with E-state index in [1.165, 1.54) is 0 Å². The summed E-state index contributed by atoms with van der Waals surface area (Å²) in [5, 5.41) is 17.5. The Hall–Kier alpha value is -2.02. The largest absolute Gasteiger partial charge is 0.495 e. The van der Waals surface area contributed by atoms with Gasteiger partial charge in [-0.15, -0.1) is 10.2 Å². The molecule has 0 aliphatic heterocycles. The zero-order chi connectivity index (χ0) is 14.5. The molecule has 0 aliphatic carbocycles. The van der Waals surface area contributed by atoms with Crippen LogP contribution >= 0.6 is 11.8 Å². The van der Waals surface area contributed by atoms with Crippen LogP contribution in [-0.4, -0.2) is 38.7 Å². The molecule has 20 heavy (non-hydrogen) atoms. The van der Waals surface area contributed by atoms with Gasteiger partial charge < -0.3 is 9.84 Å². The average molecular weight is 293 g/mol. The van der Waals surface area contributed by atoms with E-state index in [0.717, 1.165) is 23.3 Å². The van der Waals surface area contributed by atoms with E-state index in [2.05, 4.69) is 10.2 Å². The fraction of sp³-hybridized carbons (Fsp3) is 0.308. The van der Waals surface area contributed by atoms with E-state index in [4.69, 9.17) is 9.84 Å². The zero-order valence-electron chi connectivity index (χ0n) is 11.2. The molecule has 0 aliphatic rings. The van der Waals surface area contributed by atoms with Gasteiger partial charge in [0.15, 0.2) is 5.16 Å². The molecule has 1 N–H and O–H groups in total. The van der Waals surface area contributed by atoms with Crippen molar-refractivity contribution < 1.29 is 14.6 Å². The molecule has 0 saturated heterocycles. The summed E-state index contributed by atoms with van der Waals surface area (Å²) in [7, 11) is 1.60. The fourth-order valence-corrected chi connectivity index (χ4v) is 2.49. The van der Waals surface area contributed by atoms with Crippen LogP contribution in [0.3, 0.4) is 0 Å². The molecule has 1 aromatic carbocycles. The number of aliphatic carboxylic acids is 1. The summed E-state index contributed by atoms with van der Waals surface area (Å²) >= 11 is 1.14. The second kappa shape index (κ2) is 6.42. The molecule has 1 aromatic heterocycles. The third kappa shape index (κ3) is 2.93. The standard InChI is InChI=1S/C13H15N3O3S/c1-3-11-14-15-13(20-8-12(17)18)16(11)9-6-4-5-7-10(9)19-2/h4-7H,3,8H2,1-2H3,(H,17,18). The van der Waals surface area contributed by atoms with E-state index in [0.29, 0.717) is 17.3 Å². The lowest BCUT2D eigenvalue weighted by molar-refractivity contribution is -0.133. The number of rotatable bonds is 6. The Balaban J connectivity index is 2.47. The third-order valence-corrected chi connectivity index (χ3v) is 3.58. The van der Waals surface area contributed by atoms with Crippen LogP contribution in [0.5, 0.6) is 5.75 Å². The molecule has 0 radical (unpaired) electrons. The molecule has 106 valence electrons. The van der Waals surface area contributed by atoms with Crippen molar-refractivity contribution in [1.29, 1.82) is 0 Å². The highest BCUT2D eigenvalue weighted by molar-refractivity contribution is 7.99. The number of benzene rings is 1. The Kier molecular flexibility index (Phi) is 4.62. The van der Waals surface area contributed by atoms with Gasteiger partial charge in [-0.1, -0.05) is 30.8 Å². The van der Waals surface area contributed by atoms with Crippen molar-refractivity contribution in [2.24, 2.45) is 0 Å². The molecule has 0 saturated carbocycles. The summed E-state index contributed by atoms with van der Waals surface area (Å²) in [6, 6.07) is 7.51. The van der Waals surface area contributed by atoms with E-state index >= 15 is 0 Å². The normalized spacial score (nSPS) is 10.5. The average Bonchev–Trinajstić information content (AvgIpc) is 2.87. The van der Waals surface area contributed by atoms with Crippen molar-refractivity contribution in [2.75, 3.05) is 12.9 Å². The number of hydrogen-bond acceptors (Lipinski definition) is 5. The highest BCUT2D eigenvalue weighted by Crippen LogP contribution is 2.28. The number of thioether (sulfide) groups is 1. The molecule has 2 rings (SSSR count). The Morgan fingerprint density at radius 3 is 2.80 bits per heavy atom. The molecular formula is C13H15N3O3S. The maximum Gasteiger partial charge on any atom is 0.313 e. The van der Waals surface area contributed by atoms with Gasteiger partial charge in [0.2, 0.25) is 0 Å². The van der Waals surface area contributed by atoms with Gasteiger partial charge in [-0.25, -0.2) is 0 Å². The van der Waals surface area contributed by atoms with Crippen molar-refractivity contribution in [1.82, 2.24) is 14.8 Å². The van der Waals surface area contributed by atoms with Crippen LogP contribution in [0.25, 0.3) is 5.69 Å². The molecule has 0 amide bonds. The lowest BCUT2D eigenvalue weighted by atomic mass is 10.3. The predicted octanol–water partition coefficient (Wildman–Crippen LogP) is 2.01. The SMILES string of the molecule is CCc1nnc(SCC(=O)O)n1-c1ccccc1OC. The molecule has 6 nitrogen and oxygen atoms in total. The Morgan fingerprint density at radius 1 is 1.40 bits per heavy atom. The number of hydrogen-bond donors (Lipinski definition) is 1. The molecule has 0 atom stereocenters. The molecule has 7 heteroatoms. The number of methoxy groups -OCH3 is 1. The van der Waals surface area contributed by atoms with Gasteiger partial charge in [0.1, 0.15) is 11.6 Å². The van der Waals surface area contributed by atoms with Gasteiger partial charge in [0.25, 0.3) is 0 Å². The van der Waals surface area contributed by atoms with Crippen molar-refractivity contribution >= 4 is 17.7 Å². The highest BCUT2D eigenvalue weighted by atomic mass is 32.2. The highest BCUT2D eigenvalue weighted by Gasteiger charge is 2.17. The quantitative estimate of drug-likeness (QED) is 0.821. The maximum absolute atomic E-state index is 10.7. The number of aryl methyl sites for hydroxylation is 1. The first kappa shape index (κ1) is 14.4. The number of carbonyl (C=O) groups is 1. The van der Waals surface area contributed by atoms with Gasteiger partial charge in [-0.2, -0.15) is 0 Å². The summed E-state index contributed by atoms with van der Waals surface area (Å²) in [4.78, 5) is 10.7. The number of nitrogens with zero attached hydrogens (tertiary/aromatic N) is 3. The van der Waals surface area contributed by atoms with E-state index in [1.807, 2.05) is 35.8 Å². The zero-order valence-corrected chi connectivity index (χ0v) is 12.1. The van der Waals surface area contributed by atoms with E-state index in [1.54, 1.807) is 7.11 Å². The minimum absolute atomic E-state index is 0.0585. The van der Waals surface area contributed by atoms with Crippen molar-refractivity contribution in [2.45, 2.75) is 18.5 Å². The fourth-order valence-electron chi connectivity index (χ4n) is 1.81. The first-order chi connectivity index (χ1) is 9.67. The van der Waals surface area contributed by atoms with Gasteiger partial charge in [0, 0.05) is 6.42 Å². The molecule has 0 unspecified atom stereocenters. The lowest BCUT2D eigenvalue weighted by Crippen LogP contribution is -2.05. The number of aromatic nitrogens is 3. The van der Waals surface area contributed by atoms with Crippen LogP contribution in [0.15, 0.2) is 29.4 Å². The molecule has 1 heterocycles. The summed E-state index contributed by atoms with van der Waals surface area (Å²) in [6.07, 6.45) is 0.693. The topological polar surface area (TPSA) is 77.2 Å². The van der Waals surface area contributed by atoms with Crippen LogP contribution < -0.4 is 4.74 Å². The number of para-hydroxylation sites is 2. The molecule has 0 fully saturated rings. The summed E-state index contributed by atoms with van der Waals surface area (Å²) in [5.74, 6) is 0.515.